The van der Waals surface area contributed by atoms with Gasteiger partial charge in [0.15, 0.2) is 5.76 Å². The van der Waals surface area contributed by atoms with Crippen molar-refractivity contribution in [2.24, 2.45) is 5.92 Å². The number of ether oxygens (including phenoxy) is 2. The maximum absolute atomic E-state index is 13.3. The molecule has 1 aliphatic rings. The average Bonchev–Trinajstić information content (AvgIpc) is 3.36. The highest BCUT2D eigenvalue weighted by Crippen LogP contribution is 2.39. The van der Waals surface area contributed by atoms with Crippen LogP contribution >= 0.6 is 11.3 Å². The third-order valence-corrected chi connectivity index (χ3v) is 7.82. The number of nitrogens with one attached hydrogen (secondary N) is 1. The fourth-order valence-electron chi connectivity index (χ4n) is 4.86. The summed E-state index contributed by atoms with van der Waals surface area (Å²) in [4.78, 5) is 18.1. The Morgan fingerprint density at radius 3 is 2.63 bits per heavy atom. The number of aromatic nitrogens is 1. The first-order valence-electron chi connectivity index (χ1n) is 13.0. The van der Waals surface area contributed by atoms with Gasteiger partial charge in [0.25, 0.3) is 5.91 Å². The van der Waals surface area contributed by atoms with Crippen molar-refractivity contribution in [2.75, 3.05) is 18.5 Å². The van der Waals surface area contributed by atoms with Gasteiger partial charge in [-0.1, -0.05) is 36.4 Å². The minimum absolute atomic E-state index is 0.0158. The smallest absolute Gasteiger partial charge is 0.290 e. The highest BCUT2D eigenvalue weighted by molar-refractivity contribution is 7.21. The Labute approximate surface area is 227 Å². The molecule has 2 N–H and O–H groups in total. The van der Waals surface area contributed by atoms with Crippen LogP contribution in [-0.4, -0.2) is 35.5 Å². The molecular weight excluding hydrogens is 496 g/mol. The van der Waals surface area contributed by atoms with E-state index >= 15 is 0 Å². The van der Waals surface area contributed by atoms with Gasteiger partial charge in [-0.25, -0.2) is 4.98 Å². The zero-order chi connectivity index (χ0) is 26.5. The molecule has 5 rings (SSSR count). The van der Waals surface area contributed by atoms with Crippen molar-refractivity contribution >= 4 is 33.1 Å². The number of hydrogen-bond acceptors (Lipinski definition) is 6. The van der Waals surface area contributed by atoms with Gasteiger partial charge in [0.05, 0.1) is 10.2 Å². The lowest BCUT2D eigenvalue weighted by Gasteiger charge is -2.37. The average molecular weight is 529 g/mol. The number of rotatable bonds is 9. The summed E-state index contributed by atoms with van der Waals surface area (Å²) in [6.07, 6.45) is 2.67. The number of aliphatic hydroxyl groups excluding tert-OH is 1. The summed E-state index contributed by atoms with van der Waals surface area (Å²) in [5.41, 5.74) is 4.97. The number of hydrogen-bond donors (Lipinski definition) is 2. The van der Waals surface area contributed by atoms with Gasteiger partial charge in [-0.05, 0) is 80.3 Å². The van der Waals surface area contributed by atoms with Crippen molar-refractivity contribution in [2.45, 2.75) is 38.9 Å². The van der Waals surface area contributed by atoms with E-state index in [1.54, 1.807) is 11.3 Å². The van der Waals surface area contributed by atoms with Crippen LogP contribution < -0.4 is 5.32 Å². The number of aliphatic hydroxyl groups is 1. The van der Waals surface area contributed by atoms with Crippen LogP contribution in [-0.2, 0) is 14.3 Å². The molecule has 0 bridgehead atoms. The molecule has 0 spiro atoms. The van der Waals surface area contributed by atoms with Gasteiger partial charge < -0.3 is 19.9 Å². The first kappa shape index (κ1) is 26.1. The van der Waals surface area contributed by atoms with Crippen LogP contribution in [0.25, 0.3) is 20.8 Å². The summed E-state index contributed by atoms with van der Waals surface area (Å²) in [5.74, 6) is -0.167. The Balaban J connectivity index is 1.36. The fourth-order valence-corrected chi connectivity index (χ4v) is 5.93. The van der Waals surface area contributed by atoms with Crippen LogP contribution in [0.15, 0.2) is 84.6 Å². The molecule has 0 radical (unpaired) electrons. The van der Waals surface area contributed by atoms with E-state index in [0.29, 0.717) is 18.7 Å². The minimum Gasteiger partial charge on any atom is -0.459 e. The molecule has 4 aromatic rings. The lowest BCUT2D eigenvalue weighted by molar-refractivity contribution is -0.165. The number of allylic oxidation sites excluding steroid dienone is 1. The highest BCUT2D eigenvalue weighted by Gasteiger charge is 2.37. The largest absolute Gasteiger partial charge is 0.459 e. The molecule has 0 fully saturated rings. The van der Waals surface area contributed by atoms with Crippen LogP contribution in [0, 0.1) is 12.8 Å². The van der Waals surface area contributed by atoms with E-state index in [9.17, 15) is 9.90 Å². The molecule has 6 nitrogen and oxygen atoms in total. The Morgan fingerprint density at radius 2 is 1.89 bits per heavy atom. The van der Waals surface area contributed by atoms with E-state index in [2.05, 4.69) is 36.5 Å². The second-order valence-corrected chi connectivity index (χ2v) is 10.5. The number of benzene rings is 3. The molecule has 0 unspecified atom stereocenters. The monoisotopic (exact) mass is 528 g/mol. The van der Waals surface area contributed by atoms with Crippen molar-refractivity contribution < 1.29 is 19.4 Å². The quantitative estimate of drug-likeness (QED) is 0.254. The van der Waals surface area contributed by atoms with Crippen molar-refractivity contribution in [1.82, 2.24) is 4.98 Å². The summed E-state index contributed by atoms with van der Waals surface area (Å²) in [7, 11) is 0. The fraction of sp³-hybridized carbons (Fsp3) is 0.290. The number of anilines is 1. The first-order valence-corrected chi connectivity index (χ1v) is 13.8. The Kier molecular flexibility index (Phi) is 8.17. The maximum Gasteiger partial charge on any atom is 0.290 e. The van der Waals surface area contributed by atoms with Gasteiger partial charge >= 0.3 is 0 Å². The van der Waals surface area contributed by atoms with Crippen molar-refractivity contribution in [3.63, 3.8) is 0 Å². The minimum atomic E-state index is -0.576. The lowest BCUT2D eigenvalue weighted by atomic mass is 9.80. The standard InChI is InChI=1S/C31H32N2O4S/c1-3-36-31-24(10-7-17-34)25(21-8-5-4-6-9-21)19-27(37-31)29(35)32-23-14-12-22(13-15-23)30-33-26-16-11-20(2)18-28(26)38-30/h4-6,8-9,11-16,18-19,24-25,31,34H,3,7,10,17H2,1-2H3,(H,32,35)/t24-,25-,31-/m0/s1. The van der Waals surface area contributed by atoms with E-state index in [4.69, 9.17) is 14.5 Å². The van der Waals surface area contributed by atoms with Gasteiger partial charge in [-0.2, -0.15) is 0 Å². The topological polar surface area (TPSA) is 80.7 Å². The number of amides is 1. The van der Waals surface area contributed by atoms with Gasteiger partial charge in [-0.3, -0.25) is 4.79 Å². The summed E-state index contributed by atoms with van der Waals surface area (Å²) in [6.45, 7) is 4.55. The summed E-state index contributed by atoms with van der Waals surface area (Å²) < 4.78 is 13.2. The van der Waals surface area contributed by atoms with Crippen molar-refractivity contribution in [3.8, 4) is 10.6 Å². The maximum atomic E-state index is 13.3. The predicted octanol–water partition coefficient (Wildman–Crippen LogP) is 6.66. The molecular formula is C31H32N2O4S. The van der Waals surface area contributed by atoms with Crippen molar-refractivity contribution in [3.05, 3.63) is 95.8 Å². The van der Waals surface area contributed by atoms with Crippen LogP contribution in [0.4, 0.5) is 5.69 Å². The van der Waals surface area contributed by atoms with E-state index in [1.165, 1.54) is 5.56 Å². The lowest BCUT2D eigenvalue weighted by Crippen LogP contribution is -2.37. The summed E-state index contributed by atoms with van der Waals surface area (Å²) >= 11 is 1.66. The second kappa shape index (κ2) is 11.9. The van der Waals surface area contributed by atoms with E-state index in [-0.39, 0.29) is 30.1 Å². The molecule has 3 aromatic carbocycles. The second-order valence-electron chi connectivity index (χ2n) is 9.46. The van der Waals surface area contributed by atoms with E-state index < -0.39 is 6.29 Å². The highest BCUT2D eigenvalue weighted by atomic mass is 32.1. The number of nitrogens with zero attached hydrogens (tertiary/aromatic N) is 1. The summed E-state index contributed by atoms with van der Waals surface area (Å²) in [5, 5.41) is 13.4. The zero-order valence-electron chi connectivity index (χ0n) is 21.6. The van der Waals surface area contributed by atoms with E-state index in [0.717, 1.165) is 32.8 Å². The molecule has 1 amide bonds. The zero-order valence-corrected chi connectivity index (χ0v) is 22.4. The normalized spacial score (nSPS) is 19.1. The third kappa shape index (κ3) is 5.80. The first-order chi connectivity index (χ1) is 18.6. The molecule has 2 heterocycles. The van der Waals surface area contributed by atoms with E-state index in [1.807, 2.05) is 61.5 Å². The van der Waals surface area contributed by atoms with Crippen LogP contribution in [0.2, 0.25) is 0 Å². The Morgan fingerprint density at radius 1 is 1.11 bits per heavy atom. The molecule has 1 aromatic heterocycles. The number of carbonyl (C=O) groups excluding carboxylic acids is 1. The van der Waals surface area contributed by atoms with Gasteiger partial charge in [-0.15, -0.1) is 11.3 Å². The SMILES string of the molecule is CCO[C@H]1OC(C(=O)Nc2ccc(-c3nc4ccc(C)cc4s3)cc2)=C[C@@H](c2ccccc2)[C@@H]1CCCO. The van der Waals surface area contributed by atoms with Gasteiger partial charge in [0, 0.05) is 36.3 Å². The molecule has 1 aliphatic heterocycles. The molecule has 0 saturated carbocycles. The van der Waals surface area contributed by atoms with Gasteiger partial charge in [0.2, 0.25) is 6.29 Å². The summed E-state index contributed by atoms with van der Waals surface area (Å²) in [6, 6.07) is 24.0. The molecule has 38 heavy (non-hydrogen) atoms. The molecule has 7 heteroatoms. The molecule has 3 atom stereocenters. The molecule has 0 saturated heterocycles. The van der Waals surface area contributed by atoms with Crippen LogP contribution in [0.1, 0.15) is 36.8 Å². The third-order valence-electron chi connectivity index (χ3n) is 6.75. The Hall–Kier alpha value is -3.52. The predicted molar refractivity (Wildman–Crippen MR) is 152 cm³/mol. The molecule has 196 valence electrons. The molecule has 0 aliphatic carbocycles. The number of fused-ring (bicyclic) bond motifs is 1. The number of aryl methyl sites for hydroxylation is 1. The Bertz CT molecular complexity index is 1420. The number of carbonyl (C=O) groups is 1. The number of thiazole rings is 1. The van der Waals surface area contributed by atoms with Crippen LogP contribution in [0.5, 0.6) is 0 Å². The van der Waals surface area contributed by atoms with Crippen molar-refractivity contribution in [1.29, 1.82) is 0 Å². The van der Waals surface area contributed by atoms with Crippen LogP contribution in [0.3, 0.4) is 0 Å². The van der Waals surface area contributed by atoms with Gasteiger partial charge in [0.1, 0.15) is 5.01 Å².